The molecule has 18 heteroatoms. The summed E-state index contributed by atoms with van der Waals surface area (Å²) in [6.45, 7) is 4.86. The zero-order valence-corrected chi connectivity index (χ0v) is 20.2. The van der Waals surface area contributed by atoms with Gasteiger partial charge in [0, 0.05) is 25.2 Å². The summed E-state index contributed by atoms with van der Waals surface area (Å²) in [5.74, 6) is -5.29. The predicted molar refractivity (Wildman–Crippen MR) is 117 cm³/mol. The lowest BCUT2D eigenvalue weighted by molar-refractivity contribution is -0.193. The van der Waals surface area contributed by atoms with Crippen molar-refractivity contribution in [3.05, 3.63) is 35.1 Å². The van der Waals surface area contributed by atoms with E-state index in [1.165, 1.54) is 0 Å². The van der Waals surface area contributed by atoms with Gasteiger partial charge in [-0.15, -0.1) is 10.2 Å². The van der Waals surface area contributed by atoms with Gasteiger partial charge in [0.2, 0.25) is 11.0 Å². The van der Waals surface area contributed by atoms with Gasteiger partial charge in [-0.2, -0.15) is 26.3 Å². The van der Waals surface area contributed by atoms with Gasteiger partial charge in [-0.1, -0.05) is 17.4 Å². The Balaban J connectivity index is 0.000000301. The van der Waals surface area contributed by atoms with Crippen LogP contribution in [-0.4, -0.2) is 81.9 Å². The van der Waals surface area contributed by atoms with Crippen molar-refractivity contribution in [3.8, 4) is 0 Å². The van der Waals surface area contributed by atoms with E-state index in [1.807, 2.05) is 25.1 Å². The number of aromatic nitrogens is 3. The third-order valence-corrected chi connectivity index (χ3v) is 6.15. The van der Waals surface area contributed by atoms with E-state index < -0.39 is 29.7 Å². The summed E-state index contributed by atoms with van der Waals surface area (Å²) >= 11 is 1.57. The van der Waals surface area contributed by atoms with E-state index >= 15 is 0 Å². The Hall–Kier alpha value is -3.54. The highest BCUT2D eigenvalue weighted by molar-refractivity contribution is 7.15. The average Bonchev–Trinajstić information content (AvgIpc) is 3.52. The molecule has 11 nitrogen and oxygen atoms in total. The van der Waals surface area contributed by atoms with E-state index in [0.717, 1.165) is 22.4 Å². The number of carbonyl (C=O) groups is 3. The lowest BCUT2D eigenvalue weighted by Crippen LogP contribution is -2.46. The standard InChI is InChI=1S/C16H19N5O2S.2C2HF3O2/c1-11-19-20-15(24-11)21-7-12-8-23-10-16(12,9-21)14(22)18-6-13-4-2-3-5-17-13;2*3-2(4,5)1(6)7/h2-5,12H,6-10H2,1H3,(H,18,22);2*(H,6,7)/t12-,16-;;/m1../s1. The lowest BCUT2D eigenvalue weighted by Gasteiger charge is -2.25. The molecule has 210 valence electrons. The SMILES string of the molecule is Cc1nnc(N2C[C@@H]3COC[C@]3(C(=O)NCc3ccccn3)C2)s1.O=C(O)C(F)(F)F.O=C(O)C(F)(F)F. The van der Waals surface area contributed by atoms with Gasteiger partial charge in [-0.25, -0.2) is 9.59 Å². The fraction of sp³-hybridized carbons (Fsp3) is 0.500. The van der Waals surface area contributed by atoms with Crippen molar-refractivity contribution >= 4 is 34.3 Å². The number of rotatable bonds is 4. The number of alkyl halides is 6. The number of nitrogens with zero attached hydrogens (tertiary/aromatic N) is 4. The quantitative estimate of drug-likeness (QED) is 0.464. The second kappa shape index (κ2) is 12.3. The van der Waals surface area contributed by atoms with E-state index in [2.05, 4.69) is 25.4 Å². The molecule has 0 aliphatic carbocycles. The molecule has 0 saturated carbocycles. The van der Waals surface area contributed by atoms with E-state index in [9.17, 15) is 31.1 Å². The molecule has 0 bridgehead atoms. The minimum absolute atomic E-state index is 0.0411. The Labute approximate surface area is 214 Å². The Morgan fingerprint density at radius 1 is 1.13 bits per heavy atom. The van der Waals surface area contributed by atoms with E-state index in [4.69, 9.17) is 24.5 Å². The monoisotopic (exact) mass is 573 g/mol. The molecule has 0 unspecified atom stereocenters. The second-order valence-corrected chi connectivity index (χ2v) is 9.12. The van der Waals surface area contributed by atoms with Crippen LogP contribution < -0.4 is 10.2 Å². The van der Waals surface area contributed by atoms with Crippen molar-refractivity contribution in [2.45, 2.75) is 25.8 Å². The van der Waals surface area contributed by atoms with Crippen molar-refractivity contribution < 1.29 is 55.7 Å². The number of amides is 1. The number of fused-ring (bicyclic) bond motifs is 1. The second-order valence-electron chi connectivity index (χ2n) is 7.96. The largest absolute Gasteiger partial charge is 0.490 e. The number of anilines is 1. The molecule has 2 aliphatic rings. The number of carbonyl (C=O) groups excluding carboxylic acids is 1. The summed E-state index contributed by atoms with van der Waals surface area (Å²) in [7, 11) is 0. The molecule has 4 heterocycles. The zero-order valence-electron chi connectivity index (χ0n) is 19.4. The molecule has 2 aliphatic heterocycles. The maximum absolute atomic E-state index is 12.9. The fourth-order valence-electron chi connectivity index (χ4n) is 3.47. The number of hydrogen-bond donors (Lipinski definition) is 3. The molecule has 3 N–H and O–H groups in total. The Bertz CT molecular complexity index is 1090. The smallest absolute Gasteiger partial charge is 0.475 e. The van der Waals surface area contributed by atoms with Gasteiger partial charge < -0.3 is 25.2 Å². The summed E-state index contributed by atoms with van der Waals surface area (Å²) in [5, 5.41) is 27.4. The van der Waals surface area contributed by atoms with Crippen LogP contribution in [0.4, 0.5) is 31.5 Å². The number of pyridine rings is 1. The molecule has 0 spiro atoms. The molecule has 2 saturated heterocycles. The molecule has 2 fully saturated rings. The van der Waals surface area contributed by atoms with E-state index in [0.29, 0.717) is 26.3 Å². The van der Waals surface area contributed by atoms with Gasteiger partial charge in [0.1, 0.15) is 5.01 Å². The molecule has 2 atom stereocenters. The highest BCUT2D eigenvalue weighted by Crippen LogP contribution is 2.43. The maximum atomic E-state index is 12.9. The van der Waals surface area contributed by atoms with Gasteiger partial charge in [0.25, 0.3) is 0 Å². The summed E-state index contributed by atoms with van der Waals surface area (Å²) in [6, 6.07) is 5.69. The van der Waals surface area contributed by atoms with Crippen LogP contribution in [0.15, 0.2) is 24.4 Å². The number of carboxylic acid groups (broad SMARTS) is 2. The molecule has 2 aromatic rings. The lowest BCUT2D eigenvalue weighted by atomic mass is 9.80. The topological polar surface area (TPSA) is 155 Å². The number of aryl methyl sites for hydroxylation is 1. The summed E-state index contributed by atoms with van der Waals surface area (Å²) < 4.78 is 69.1. The van der Waals surface area contributed by atoms with Crippen molar-refractivity contribution in [2.24, 2.45) is 11.3 Å². The summed E-state index contributed by atoms with van der Waals surface area (Å²) in [6.07, 6.45) is -8.43. The Morgan fingerprint density at radius 3 is 2.21 bits per heavy atom. The number of hydrogen-bond acceptors (Lipinski definition) is 9. The first-order valence-corrected chi connectivity index (χ1v) is 11.3. The summed E-state index contributed by atoms with van der Waals surface area (Å²) in [4.78, 5) is 37.1. The van der Waals surface area contributed by atoms with Crippen LogP contribution in [0.1, 0.15) is 10.7 Å². The third kappa shape index (κ3) is 8.23. The minimum Gasteiger partial charge on any atom is -0.475 e. The molecule has 38 heavy (non-hydrogen) atoms. The molecule has 0 radical (unpaired) electrons. The van der Waals surface area contributed by atoms with Gasteiger partial charge in [0.05, 0.1) is 30.9 Å². The number of halogens is 6. The number of carboxylic acids is 2. The average molecular weight is 573 g/mol. The molecule has 1 amide bonds. The van der Waals surface area contributed by atoms with Crippen molar-refractivity contribution in [3.63, 3.8) is 0 Å². The minimum atomic E-state index is -5.08. The van der Waals surface area contributed by atoms with Crippen molar-refractivity contribution in [1.82, 2.24) is 20.5 Å². The van der Waals surface area contributed by atoms with Crippen LogP contribution >= 0.6 is 11.3 Å². The van der Waals surface area contributed by atoms with Crippen molar-refractivity contribution in [2.75, 3.05) is 31.2 Å². The fourth-order valence-corrected chi connectivity index (χ4v) is 4.16. The van der Waals surface area contributed by atoms with Crippen LogP contribution in [0.5, 0.6) is 0 Å². The highest BCUT2D eigenvalue weighted by Gasteiger charge is 2.56. The first-order chi connectivity index (χ1) is 17.6. The first kappa shape index (κ1) is 30.7. The molecule has 4 rings (SSSR count). The molecule has 0 aromatic carbocycles. The van der Waals surface area contributed by atoms with Crippen LogP contribution in [0, 0.1) is 18.3 Å². The predicted octanol–water partition coefficient (Wildman–Crippen LogP) is 2.28. The maximum Gasteiger partial charge on any atom is 0.490 e. The van der Waals surface area contributed by atoms with Gasteiger partial charge >= 0.3 is 24.3 Å². The third-order valence-electron chi connectivity index (χ3n) is 5.25. The number of nitrogens with one attached hydrogen (secondary N) is 1. The Morgan fingerprint density at radius 2 is 1.74 bits per heavy atom. The number of ether oxygens (including phenoxy) is 1. The van der Waals surface area contributed by atoms with Crippen LogP contribution in [0.25, 0.3) is 0 Å². The van der Waals surface area contributed by atoms with Crippen LogP contribution in [0.3, 0.4) is 0 Å². The van der Waals surface area contributed by atoms with Gasteiger partial charge in [-0.05, 0) is 19.1 Å². The normalized spacial score (nSPS) is 20.4. The van der Waals surface area contributed by atoms with Gasteiger partial charge in [0.15, 0.2) is 0 Å². The highest BCUT2D eigenvalue weighted by atomic mass is 32.1. The van der Waals surface area contributed by atoms with Crippen LogP contribution in [0.2, 0.25) is 0 Å². The van der Waals surface area contributed by atoms with E-state index in [-0.39, 0.29) is 11.8 Å². The molecular weight excluding hydrogens is 552 g/mol. The number of aliphatic carboxylic acids is 2. The first-order valence-electron chi connectivity index (χ1n) is 10.5. The summed E-state index contributed by atoms with van der Waals surface area (Å²) in [5.41, 5.74) is 0.348. The Kier molecular flexibility index (Phi) is 9.96. The van der Waals surface area contributed by atoms with Crippen LogP contribution in [-0.2, 0) is 25.7 Å². The van der Waals surface area contributed by atoms with Gasteiger partial charge in [-0.3, -0.25) is 9.78 Å². The zero-order chi connectivity index (χ0) is 28.7. The van der Waals surface area contributed by atoms with E-state index in [1.54, 1.807) is 17.5 Å². The molecular formula is C20H21F6N5O6S. The van der Waals surface area contributed by atoms with Crippen molar-refractivity contribution in [1.29, 1.82) is 0 Å². The molecule has 2 aromatic heterocycles.